The van der Waals surface area contributed by atoms with Crippen molar-refractivity contribution < 1.29 is 14.0 Å². The Balaban J connectivity index is 2.18. The van der Waals surface area contributed by atoms with Crippen LogP contribution >= 0.6 is 11.6 Å². The Morgan fingerprint density at radius 3 is 2.95 bits per heavy atom. The number of aromatic nitrogens is 2. The summed E-state index contributed by atoms with van der Waals surface area (Å²) >= 11 is 5.90. The maximum absolute atomic E-state index is 5.90. The van der Waals surface area contributed by atoms with Gasteiger partial charge in [0, 0.05) is 18.7 Å². The lowest BCUT2D eigenvalue weighted by Gasteiger charge is -2.04. The number of ether oxygens (including phenoxy) is 2. The number of hydrogen-bond donors (Lipinski definition) is 1. The molecule has 7 heteroatoms. The lowest BCUT2D eigenvalue weighted by Crippen LogP contribution is -2.07. The molecule has 0 aliphatic carbocycles. The number of benzene rings is 1. The molecule has 1 aromatic carbocycles. The first-order valence-corrected chi connectivity index (χ1v) is 6.03. The standard InChI is InChI=1S/C12H14ClN3O3/c1-17-6-5-14-12-15-11(16-19-12)9-4-3-8(13)7-10(9)18-2/h3-4,7H,5-6H2,1-2H3,(H,14,15,16). The molecule has 102 valence electrons. The molecule has 2 rings (SSSR count). The van der Waals surface area contributed by atoms with Crippen LogP contribution in [0.1, 0.15) is 0 Å². The SMILES string of the molecule is COCCNc1nc(-c2ccc(Cl)cc2OC)no1. The van der Waals surface area contributed by atoms with E-state index in [9.17, 15) is 0 Å². The molecule has 19 heavy (non-hydrogen) atoms. The zero-order valence-electron chi connectivity index (χ0n) is 10.6. The van der Waals surface area contributed by atoms with Crippen molar-refractivity contribution in [3.63, 3.8) is 0 Å². The van der Waals surface area contributed by atoms with Crippen LogP contribution in [0.5, 0.6) is 5.75 Å². The van der Waals surface area contributed by atoms with Gasteiger partial charge >= 0.3 is 6.01 Å². The van der Waals surface area contributed by atoms with Gasteiger partial charge in [-0.1, -0.05) is 16.8 Å². The van der Waals surface area contributed by atoms with Gasteiger partial charge in [-0.05, 0) is 18.2 Å². The average Bonchev–Trinajstić information content (AvgIpc) is 2.87. The molecule has 1 N–H and O–H groups in total. The number of nitrogens with zero attached hydrogens (tertiary/aromatic N) is 2. The van der Waals surface area contributed by atoms with E-state index in [-0.39, 0.29) is 0 Å². The summed E-state index contributed by atoms with van der Waals surface area (Å²) in [7, 11) is 3.19. The van der Waals surface area contributed by atoms with E-state index >= 15 is 0 Å². The van der Waals surface area contributed by atoms with Crippen molar-refractivity contribution in [2.24, 2.45) is 0 Å². The number of hydrogen-bond acceptors (Lipinski definition) is 6. The Bertz CT molecular complexity index is 545. The van der Waals surface area contributed by atoms with Crippen molar-refractivity contribution in [2.45, 2.75) is 0 Å². The minimum absolute atomic E-state index is 0.337. The summed E-state index contributed by atoms with van der Waals surface area (Å²) in [6.07, 6.45) is 0. The molecule has 0 saturated carbocycles. The Kier molecular flexibility index (Phi) is 4.59. The molecule has 0 atom stereocenters. The fraction of sp³-hybridized carbons (Fsp3) is 0.333. The van der Waals surface area contributed by atoms with E-state index in [0.717, 1.165) is 5.56 Å². The predicted octanol–water partition coefficient (Wildman–Crippen LogP) is 2.46. The summed E-state index contributed by atoms with van der Waals surface area (Å²) in [5, 5.41) is 7.43. The molecule has 0 unspecified atom stereocenters. The third kappa shape index (κ3) is 3.36. The van der Waals surface area contributed by atoms with Gasteiger partial charge in [-0.3, -0.25) is 0 Å². The highest BCUT2D eigenvalue weighted by atomic mass is 35.5. The Labute approximate surface area is 115 Å². The lowest BCUT2D eigenvalue weighted by molar-refractivity contribution is 0.210. The van der Waals surface area contributed by atoms with Gasteiger partial charge < -0.3 is 19.3 Å². The highest BCUT2D eigenvalue weighted by Crippen LogP contribution is 2.30. The zero-order valence-corrected chi connectivity index (χ0v) is 11.4. The average molecular weight is 284 g/mol. The molecule has 0 saturated heterocycles. The summed E-state index contributed by atoms with van der Waals surface area (Å²) < 4.78 is 15.2. The van der Waals surface area contributed by atoms with Gasteiger partial charge in [0.25, 0.3) is 0 Å². The molecule has 0 radical (unpaired) electrons. The van der Waals surface area contributed by atoms with E-state index in [0.29, 0.717) is 35.8 Å². The molecule has 2 aromatic rings. The van der Waals surface area contributed by atoms with E-state index in [1.54, 1.807) is 32.4 Å². The van der Waals surface area contributed by atoms with Gasteiger partial charge in [-0.2, -0.15) is 4.98 Å². The summed E-state index contributed by atoms with van der Waals surface area (Å²) in [5.41, 5.74) is 0.718. The van der Waals surface area contributed by atoms with Crippen LogP contribution in [0.15, 0.2) is 22.7 Å². The number of nitrogens with one attached hydrogen (secondary N) is 1. The molecule has 0 spiro atoms. The van der Waals surface area contributed by atoms with Gasteiger partial charge in [0.1, 0.15) is 5.75 Å². The van der Waals surface area contributed by atoms with Crippen LogP contribution in [0.4, 0.5) is 6.01 Å². The summed E-state index contributed by atoms with van der Waals surface area (Å²) in [5.74, 6) is 1.03. The molecule has 0 amide bonds. The summed E-state index contributed by atoms with van der Waals surface area (Å²) in [6, 6.07) is 5.56. The molecule has 0 aliphatic heterocycles. The zero-order chi connectivity index (χ0) is 13.7. The quantitative estimate of drug-likeness (QED) is 0.821. The van der Waals surface area contributed by atoms with Crippen LogP contribution in [0, 0.1) is 0 Å². The van der Waals surface area contributed by atoms with E-state index in [1.807, 2.05) is 0 Å². The van der Waals surface area contributed by atoms with E-state index in [2.05, 4.69) is 15.5 Å². The molecule has 1 heterocycles. The van der Waals surface area contributed by atoms with Crippen LogP contribution in [-0.2, 0) is 4.74 Å². The monoisotopic (exact) mass is 283 g/mol. The number of anilines is 1. The largest absolute Gasteiger partial charge is 0.496 e. The summed E-state index contributed by atoms with van der Waals surface area (Å²) in [4.78, 5) is 4.22. The van der Waals surface area contributed by atoms with Gasteiger partial charge in [0.15, 0.2) is 0 Å². The van der Waals surface area contributed by atoms with Crippen molar-refractivity contribution >= 4 is 17.6 Å². The molecule has 0 fully saturated rings. The third-order valence-corrected chi connectivity index (χ3v) is 2.65. The number of methoxy groups -OCH3 is 2. The van der Waals surface area contributed by atoms with Gasteiger partial charge in [-0.25, -0.2) is 0 Å². The fourth-order valence-electron chi connectivity index (χ4n) is 1.51. The fourth-order valence-corrected chi connectivity index (χ4v) is 1.68. The smallest absolute Gasteiger partial charge is 0.321 e. The molecule has 1 aromatic heterocycles. The summed E-state index contributed by atoms with van der Waals surface area (Å²) in [6.45, 7) is 1.15. The molecular weight excluding hydrogens is 270 g/mol. The highest BCUT2D eigenvalue weighted by Gasteiger charge is 2.13. The molecule has 6 nitrogen and oxygen atoms in total. The van der Waals surface area contributed by atoms with Crippen LogP contribution < -0.4 is 10.1 Å². The van der Waals surface area contributed by atoms with Crippen molar-refractivity contribution in [2.75, 3.05) is 32.7 Å². The maximum Gasteiger partial charge on any atom is 0.321 e. The van der Waals surface area contributed by atoms with Crippen LogP contribution in [0.25, 0.3) is 11.4 Å². The van der Waals surface area contributed by atoms with E-state index in [4.69, 9.17) is 25.6 Å². The minimum atomic E-state index is 0.337. The van der Waals surface area contributed by atoms with Crippen LogP contribution in [-0.4, -0.2) is 37.5 Å². The molecular formula is C12H14ClN3O3. The highest BCUT2D eigenvalue weighted by molar-refractivity contribution is 6.30. The molecule has 0 aliphatic rings. The molecule has 0 bridgehead atoms. The van der Waals surface area contributed by atoms with Gasteiger partial charge in [-0.15, -0.1) is 0 Å². The first-order chi connectivity index (χ1) is 9.24. The van der Waals surface area contributed by atoms with Gasteiger partial charge in [0.05, 0.1) is 19.3 Å². The topological polar surface area (TPSA) is 69.4 Å². The number of halogens is 1. The van der Waals surface area contributed by atoms with Crippen LogP contribution in [0.3, 0.4) is 0 Å². The number of rotatable bonds is 6. The first-order valence-electron chi connectivity index (χ1n) is 5.65. The van der Waals surface area contributed by atoms with Gasteiger partial charge in [0.2, 0.25) is 5.82 Å². The third-order valence-electron chi connectivity index (χ3n) is 2.41. The maximum atomic E-state index is 5.90. The lowest BCUT2D eigenvalue weighted by atomic mass is 10.2. The second kappa shape index (κ2) is 6.40. The predicted molar refractivity (Wildman–Crippen MR) is 71.7 cm³/mol. The second-order valence-electron chi connectivity index (χ2n) is 3.69. The van der Waals surface area contributed by atoms with Crippen molar-refractivity contribution in [1.82, 2.24) is 10.1 Å². The Morgan fingerprint density at radius 2 is 2.21 bits per heavy atom. The first kappa shape index (κ1) is 13.6. The van der Waals surface area contributed by atoms with Crippen LogP contribution in [0.2, 0.25) is 5.02 Å². The Hall–Kier alpha value is -1.79. The normalized spacial score (nSPS) is 10.5. The van der Waals surface area contributed by atoms with Crippen molar-refractivity contribution in [3.05, 3.63) is 23.2 Å². The van der Waals surface area contributed by atoms with E-state index < -0.39 is 0 Å². The Morgan fingerprint density at radius 1 is 1.37 bits per heavy atom. The second-order valence-corrected chi connectivity index (χ2v) is 4.12. The minimum Gasteiger partial charge on any atom is -0.496 e. The van der Waals surface area contributed by atoms with Crippen molar-refractivity contribution in [3.8, 4) is 17.1 Å². The van der Waals surface area contributed by atoms with Crippen molar-refractivity contribution in [1.29, 1.82) is 0 Å². The van der Waals surface area contributed by atoms with E-state index in [1.165, 1.54) is 0 Å².